The Morgan fingerprint density at radius 2 is 1.70 bits per heavy atom. The summed E-state index contributed by atoms with van der Waals surface area (Å²) in [6.45, 7) is 4.66. The molecule has 0 aliphatic heterocycles. The van der Waals surface area contributed by atoms with Crippen LogP contribution in [0.15, 0.2) is 77.9 Å². The van der Waals surface area contributed by atoms with Gasteiger partial charge in [-0.25, -0.2) is 13.8 Å². The van der Waals surface area contributed by atoms with Gasteiger partial charge in [-0.2, -0.15) is 5.10 Å². The SMILES string of the molecule is CCOc1ccc(/C=N\NC(=O)c2ccc(N(Cc3ccccc3C)S(C)(=O)=O)cc2)cc1. The predicted molar refractivity (Wildman–Crippen MR) is 131 cm³/mol. The van der Waals surface area contributed by atoms with E-state index in [0.29, 0.717) is 17.9 Å². The van der Waals surface area contributed by atoms with Crippen LogP contribution in [0.2, 0.25) is 0 Å². The second kappa shape index (κ2) is 10.8. The van der Waals surface area contributed by atoms with Gasteiger partial charge in [0.2, 0.25) is 10.0 Å². The fourth-order valence-corrected chi connectivity index (χ4v) is 4.05. The quantitative estimate of drug-likeness (QED) is 0.380. The molecule has 0 aliphatic carbocycles. The summed E-state index contributed by atoms with van der Waals surface area (Å²) in [4.78, 5) is 12.4. The van der Waals surface area contributed by atoms with Gasteiger partial charge in [0.25, 0.3) is 5.91 Å². The molecule has 1 N–H and O–H groups in total. The maximum Gasteiger partial charge on any atom is 0.271 e. The molecule has 1 amide bonds. The van der Waals surface area contributed by atoms with Crippen LogP contribution in [0.5, 0.6) is 5.75 Å². The van der Waals surface area contributed by atoms with E-state index in [1.807, 2.05) is 62.4 Å². The number of hydrogen-bond acceptors (Lipinski definition) is 5. The lowest BCUT2D eigenvalue weighted by atomic mass is 10.1. The van der Waals surface area contributed by atoms with Crippen LogP contribution in [0, 0.1) is 6.92 Å². The summed E-state index contributed by atoms with van der Waals surface area (Å²) in [5.74, 6) is 0.373. The summed E-state index contributed by atoms with van der Waals surface area (Å²) < 4.78 is 31.6. The van der Waals surface area contributed by atoms with Gasteiger partial charge in [-0.3, -0.25) is 9.10 Å². The standard InChI is InChI=1S/C25H27N3O4S/c1-4-32-24-15-9-20(10-16-24)17-26-27-25(29)21-11-13-23(14-12-21)28(33(3,30)31)18-22-8-6-5-7-19(22)2/h5-17H,4,18H2,1-3H3,(H,27,29)/b26-17-. The highest BCUT2D eigenvalue weighted by atomic mass is 32.2. The normalized spacial score (nSPS) is 11.4. The fourth-order valence-electron chi connectivity index (χ4n) is 3.17. The maximum absolute atomic E-state index is 12.4. The summed E-state index contributed by atoms with van der Waals surface area (Å²) in [6, 6.07) is 21.3. The number of hydrazone groups is 1. The van der Waals surface area contributed by atoms with Crippen molar-refractivity contribution >= 4 is 27.8 Å². The fraction of sp³-hybridized carbons (Fsp3) is 0.200. The summed E-state index contributed by atoms with van der Waals surface area (Å²) in [7, 11) is -3.52. The molecule has 172 valence electrons. The van der Waals surface area contributed by atoms with Crippen LogP contribution in [0.1, 0.15) is 34.0 Å². The minimum Gasteiger partial charge on any atom is -0.494 e. The lowest BCUT2D eigenvalue weighted by Crippen LogP contribution is -2.29. The minimum absolute atomic E-state index is 0.212. The van der Waals surface area contributed by atoms with Gasteiger partial charge in [0.1, 0.15) is 5.75 Å². The van der Waals surface area contributed by atoms with Gasteiger partial charge >= 0.3 is 0 Å². The lowest BCUT2D eigenvalue weighted by Gasteiger charge is -2.23. The van der Waals surface area contributed by atoms with Crippen molar-refractivity contribution in [3.05, 3.63) is 95.1 Å². The van der Waals surface area contributed by atoms with Crippen LogP contribution in [-0.4, -0.2) is 33.4 Å². The second-order valence-electron chi connectivity index (χ2n) is 7.44. The van der Waals surface area contributed by atoms with Crippen molar-refractivity contribution in [1.82, 2.24) is 5.43 Å². The number of nitrogens with one attached hydrogen (secondary N) is 1. The Balaban J connectivity index is 1.68. The number of ether oxygens (including phenoxy) is 1. The Hall–Kier alpha value is -3.65. The first-order valence-corrected chi connectivity index (χ1v) is 12.3. The van der Waals surface area contributed by atoms with Crippen LogP contribution in [0.3, 0.4) is 0 Å². The Morgan fingerprint density at radius 1 is 1.03 bits per heavy atom. The number of nitrogens with zero attached hydrogens (tertiary/aromatic N) is 2. The second-order valence-corrected chi connectivity index (χ2v) is 9.35. The molecule has 3 aromatic rings. The van der Waals surface area contributed by atoms with Crippen molar-refractivity contribution in [2.24, 2.45) is 5.10 Å². The molecule has 3 rings (SSSR count). The summed E-state index contributed by atoms with van der Waals surface area (Å²) >= 11 is 0. The van der Waals surface area contributed by atoms with E-state index in [2.05, 4.69) is 10.5 Å². The van der Waals surface area contributed by atoms with Crippen molar-refractivity contribution in [1.29, 1.82) is 0 Å². The van der Waals surface area contributed by atoms with E-state index in [4.69, 9.17) is 4.74 Å². The smallest absolute Gasteiger partial charge is 0.271 e. The third-order valence-corrected chi connectivity index (χ3v) is 6.10. The highest BCUT2D eigenvalue weighted by molar-refractivity contribution is 7.92. The first-order valence-electron chi connectivity index (χ1n) is 10.5. The Labute approximate surface area is 194 Å². The minimum atomic E-state index is -3.52. The number of rotatable bonds is 9. The Bertz CT molecular complexity index is 1220. The lowest BCUT2D eigenvalue weighted by molar-refractivity contribution is 0.0955. The van der Waals surface area contributed by atoms with Crippen molar-refractivity contribution < 1.29 is 17.9 Å². The largest absolute Gasteiger partial charge is 0.494 e. The van der Waals surface area contributed by atoms with Crippen molar-refractivity contribution in [3.8, 4) is 5.75 Å². The number of sulfonamides is 1. The molecule has 0 bridgehead atoms. The third kappa shape index (κ3) is 6.66. The van der Waals surface area contributed by atoms with E-state index in [0.717, 1.165) is 22.4 Å². The number of benzene rings is 3. The van der Waals surface area contributed by atoms with Crippen LogP contribution >= 0.6 is 0 Å². The number of anilines is 1. The monoisotopic (exact) mass is 465 g/mol. The van der Waals surface area contributed by atoms with E-state index in [-0.39, 0.29) is 6.54 Å². The molecule has 8 heteroatoms. The van der Waals surface area contributed by atoms with Gasteiger partial charge in [-0.1, -0.05) is 24.3 Å². The zero-order valence-corrected chi connectivity index (χ0v) is 19.7. The zero-order valence-electron chi connectivity index (χ0n) is 18.9. The molecule has 0 radical (unpaired) electrons. The van der Waals surface area contributed by atoms with Crippen LogP contribution in [0.25, 0.3) is 0 Å². The molecule has 0 aliphatic rings. The molecule has 0 fully saturated rings. The molecule has 0 unspecified atom stereocenters. The molecule has 3 aromatic carbocycles. The highest BCUT2D eigenvalue weighted by Gasteiger charge is 2.19. The van der Waals surface area contributed by atoms with Crippen molar-refractivity contribution in [2.45, 2.75) is 20.4 Å². The molecular weight excluding hydrogens is 438 g/mol. The average molecular weight is 466 g/mol. The van der Waals surface area contributed by atoms with E-state index in [1.165, 1.54) is 16.8 Å². The van der Waals surface area contributed by atoms with Gasteiger partial charge in [-0.05, 0) is 79.1 Å². The molecule has 0 spiro atoms. The molecule has 33 heavy (non-hydrogen) atoms. The Kier molecular flexibility index (Phi) is 7.84. The Morgan fingerprint density at radius 3 is 2.30 bits per heavy atom. The summed E-state index contributed by atoms with van der Waals surface area (Å²) in [6.07, 6.45) is 2.71. The van der Waals surface area contributed by atoms with Crippen molar-refractivity contribution in [2.75, 3.05) is 17.2 Å². The molecule has 0 saturated heterocycles. The number of carbonyl (C=O) groups excluding carboxylic acids is 1. The van der Waals surface area contributed by atoms with Crippen LogP contribution in [-0.2, 0) is 16.6 Å². The number of carbonyl (C=O) groups is 1. The number of amides is 1. The number of aryl methyl sites for hydroxylation is 1. The average Bonchev–Trinajstić information content (AvgIpc) is 2.79. The van der Waals surface area contributed by atoms with E-state index < -0.39 is 15.9 Å². The van der Waals surface area contributed by atoms with Gasteiger partial charge < -0.3 is 4.74 Å². The molecule has 0 aromatic heterocycles. The highest BCUT2D eigenvalue weighted by Crippen LogP contribution is 2.22. The molecule has 0 heterocycles. The summed E-state index contributed by atoms with van der Waals surface area (Å²) in [5, 5.41) is 3.98. The predicted octanol–water partition coefficient (Wildman–Crippen LogP) is 4.12. The molecular formula is C25H27N3O4S. The maximum atomic E-state index is 12.4. The zero-order chi connectivity index (χ0) is 23.8. The van der Waals surface area contributed by atoms with E-state index in [9.17, 15) is 13.2 Å². The first-order chi connectivity index (χ1) is 15.8. The van der Waals surface area contributed by atoms with Crippen LogP contribution < -0.4 is 14.5 Å². The molecule has 0 saturated carbocycles. The van der Waals surface area contributed by atoms with Gasteiger partial charge in [0, 0.05) is 5.56 Å². The topological polar surface area (TPSA) is 88.1 Å². The van der Waals surface area contributed by atoms with Crippen molar-refractivity contribution in [3.63, 3.8) is 0 Å². The number of hydrogen-bond donors (Lipinski definition) is 1. The van der Waals surface area contributed by atoms with E-state index >= 15 is 0 Å². The molecule has 7 nitrogen and oxygen atoms in total. The van der Waals surface area contributed by atoms with E-state index in [1.54, 1.807) is 24.3 Å². The van der Waals surface area contributed by atoms with Gasteiger partial charge in [-0.15, -0.1) is 0 Å². The van der Waals surface area contributed by atoms with Crippen LogP contribution in [0.4, 0.5) is 5.69 Å². The molecule has 0 atom stereocenters. The van der Waals surface area contributed by atoms with Gasteiger partial charge in [0.05, 0.1) is 31.3 Å². The summed E-state index contributed by atoms with van der Waals surface area (Å²) in [5.41, 5.74) is 6.06. The van der Waals surface area contributed by atoms with Gasteiger partial charge in [0.15, 0.2) is 0 Å². The first kappa shape index (κ1) is 24.0. The third-order valence-electron chi connectivity index (χ3n) is 4.96.